The molecule has 0 N–H and O–H groups in total. The Labute approximate surface area is 117 Å². The fourth-order valence-corrected chi connectivity index (χ4v) is 2.36. The van der Waals surface area contributed by atoms with E-state index in [0.29, 0.717) is 24.0 Å². The second-order valence-corrected chi connectivity index (χ2v) is 5.13. The van der Waals surface area contributed by atoms with Crippen molar-refractivity contribution in [3.05, 3.63) is 29.8 Å². The van der Waals surface area contributed by atoms with E-state index in [4.69, 9.17) is 4.74 Å². The van der Waals surface area contributed by atoms with E-state index in [9.17, 15) is 4.79 Å². The van der Waals surface area contributed by atoms with Gasteiger partial charge in [0.25, 0.3) is 0 Å². The number of carbonyl (C=O) groups is 1. The predicted molar refractivity (Wildman–Crippen MR) is 75.4 cm³/mol. The summed E-state index contributed by atoms with van der Waals surface area (Å²) in [6.07, 6.45) is 0. The molecule has 0 spiro atoms. The van der Waals surface area contributed by atoms with Gasteiger partial charge in [0.05, 0.1) is 19.3 Å². The van der Waals surface area contributed by atoms with E-state index >= 15 is 0 Å². The maximum atomic E-state index is 11.3. The molecule has 1 atom stereocenters. The molecule has 0 saturated heterocycles. The lowest BCUT2D eigenvalue weighted by molar-refractivity contribution is 0.0600. The van der Waals surface area contributed by atoms with Crippen LogP contribution in [0.15, 0.2) is 24.3 Å². The highest BCUT2D eigenvalue weighted by atomic mass is 79.9. The first kappa shape index (κ1) is 15.0. The Bertz CT molecular complexity index is 373. The minimum Gasteiger partial charge on any atom is -0.493 e. The first-order chi connectivity index (χ1) is 8.58. The van der Waals surface area contributed by atoms with Crippen molar-refractivity contribution in [2.75, 3.05) is 19.0 Å². The Morgan fingerprint density at radius 3 is 2.33 bits per heavy atom. The van der Waals surface area contributed by atoms with Crippen LogP contribution >= 0.6 is 15.9 Å². The second-order valence-electron chi connectivity index (χ2n) is 4.49. The van der Waals surface area contributed by atoms with E-state index in [1.807, 2.05) is 0 Å². The minimum absolute atomic E-state index is 0.331. The van der Waals surface area contributed by atoms with Gasteiger partial charge in [-0.25, -0.2) is 4.79 Å². The smallest absolute Gasteiger partial charge is 0.337 e. The van der Waals surface area contributed by atoms with Crippen LogP contribution in [-0.4, -0.2) is 25.0 Å². The van der Waals surface area contributed by atoms with Gasteiger partial charge in [-0.05, 0) is 30.2 Å². The lowest BCUT2D eigenvalue weighted by Gasteiger charge is -2.18. The third-order valence-electron chi connectivity index (χ3n) is 2.88. The lowest BCUT2D eigenvalue weighted by Crippen LogP contribution is -2.19. The van der Waals surface area contributed by atoms with Gasteiger partial charge in [-0.1, -0.05) is 29.8 Å². The van der Waals surface area contributed by atoms with Gasteiger partial charge in [0.15, 0.2) is 0 Å². The second kappa shape index (κ2) is 7.41. The summed E-state index contributed by atoms with van der Waals surface area (Å²) in [6, 6.07) is 7.00. The number of esters is 1. The number of halogens is 1. The standard InChI is InChI=1S/C14H19BrO3/c1-10(2)12(8-15)9-18-13-6-4-11(5-7-13)14(16)17-3/h4-7,10,12H,8-9H2,1-3H3. The summed E-state index contributed by atoms with van der Waals surface area (Å²) >= 11 is 3.49. The molecule has 0 aromatic heterocycles. The Balaban J connectivity index is 2.56. The first-order valence-corrected chi connectivity index (χ1v) is 7.07. The van der Waals surface area contributed by atoms with Gasteiger partial charge in [0.1, 0.15) is 5.75 Å². The van der Waals surface area contributed by atoms with Crippen LogP contribution in [0, 0.1) is 11.8 Å². The molecule has 0 fully saturated rings. The van der Waals surface area contributed by atoms with Gasteiger partial charge >= 0.3 is 5.97 Å². The molecule has 1 aromatic rings. The average Bonchev–Trinajstić information content (AvgIpc) is 2.39. The van der Waals surface area contributed by atoms with Crippen LogP contribution in [0.3, 0.4) is 0 Å². The monoisotopic (exact) mass is 314 g/mol. The summed E-state index contributed by atoms with van der Waals surface area (Å²) in [7, 11) is 1.37. The van der Waals surface area contributed by atoms with Crippen LogP contribution in [0.1, 0.15) is 24.2 Å². The van der Waals surface area contributed by atoms with E-state index in [1.54, 1.807) is 24.3 Å². The van der Waals surface area contributed by atoms with Gasteiger partial charge in [0.2, 0.25) is 0 Å². The van der Waals surface area contributed by atoms with E-state index < -0.39 is 0 Å². The predicted octanol–water partition coefficient (Wildman–Crippen LogP) is 3.52. The third-order valence-corrected chi connectivity index (χ3v) is 3.71. The van der Waals surface area contributed by atoms with Crippen LogP contribution in [0.5, 0.6) is 5.75 Å². The van der Waals surface area contributed by atoms with Crippen LogP contribution in [0.2, 0.25) is 0 Å². The van der Waals surface area contributed by atoms with E-state index in [-0.39, 0.29) is 5.97 Å². The molecule has 0 aliphatic carbocycles. The summed E-state index contributed by atoms with van der Waals surface area (Å²) in [6.45, 7) is 5.02. The fraction of sp³-hybridized carbons (Fsp3) is 0.500. The first-order valence-electron chi connectivity index (χ1n) is 5.95. The third kappa shape index (κ3) is 4.33. The van der Waals surface area contributed by atoms with Crippen molar-refractivity contribution in [1.29, 1.82) is 0 Å². The normalized spacial score (nSPS) is 12.3. The van der Waals surface area contributed by atoms with E-state index in [2.05, 4.69) is 34.5 Å². The molecule has 0 bridgehead atoms. The maximum Gasteiger partial charge on any atom is 0.337 e. The Hall–Kier alpha value is -1.03. The number of carbonyl (C=O) groups excluding carboxylic acids is 1. The number of methoxy groups -OCH3 is 1. The molecule has 18 heavy (non-hydrogen) atoms. The van der Waals surface area contributed by atoms with E-state index in [1.165, 1.54) is 7.11 Å². The van der Waals surface area contributed by atoms with Crippen molar-refractivity contribution in [3.63, 3.8) is 0 Å². The van der Waals surface area contributed by atoms with Gasteiger partial charge in [0, 0.05) is 11.2 Å². The summed E-state index contributed by atoms with van der Waals surface area (Å²) in [5, 5.41) is 0.922. The van der Waals surface area contributed by atoms with Crippen LogP contribution in [0.4, 0.5) is 0 Å². The highest BCUT2D eigenvalue weighted by Crippen LogP contribution is 2.18. The molecule has 0 amide bonds. The van der Waals surface area contributed by atoms with Crippen LogP contribution in [-0.2, 0) is 4.74 Å². The summed E-state index contributed by atoms with van der Waals surface area (Å²) in [4.78, 5) is 11.3. The highest BCUT2D eigenvalue weighted by Gasteiger charge is 2.13. The van der Waals surface area contributed by atoms with Crippen molar-refractivity contribution in [1.82, 2.24) is 0 Å². The van der Waals surface area contributed by atoms with Gasteiger partial charge < -0.3 is 9.47 Å². The molecule has 1 unspecified atom stereocenters. The molecule has 1 aromatic carbocycles. The van der Waals surface area contributed by atoms with Crippen molar-refractivity contribution in [2.45, 2.75) is 13.8 Å². The van der Waals surface area contributed by atoms with Crippen LogP contribution in [0.25, 0.3) is 0 Å². The minimum atomic E-state index is -0.331. The number of hydrogen-bond donors (Lipinski definition) is 0. The van der Waals surface area contributed by atoms with Crippen molar-refractivity contribution < 1.29 is 14.3 Å². The molecule has 100 valence electrons. The number of alkyl halides is 1. The Morgan fingerprint density at radius 1 is 1.28 bits per heavy atom. The number of ether oxygens (including phenoxy) is 2. The van der Waals surface area contributed by atoms with Crippen molar-refractivity contribution in [3.8, 4) is 5.75 Å². The van der Waals surface area contributed by atoms with Gasteiger partial charge in [-0.15, -0.1) is 0 Å². The maximum absolute atomic E-state index is 11.3. The largest absolute Gasteiger partial charge is 0.493 e. The molecule has 0 heterocycles. The highest BCUT2D eigenvalue weighted by molar-refractivity contribution is 9.09. The molecule has 4 heteroatoms. The zero-order valence-corrected chi connectivity index (χ0v) is 12.6. The summed E-state index contributed by atoms with van der Waals surface area (Å²) < 4.78 is 10.3. The Kier molecular flexibility index (Phi) is 6.19. The van der Waals surface area contributed by atoms with Gasteiger partial charge in [-0.3, -0.25) is 0 Å². The zero-order valence-electron chi connectivity index (χ0n) is 11.0. The molecular formula is C14H19BrO3. The summed E-state index contributed by atoms with van der Waals surface area (Å²) in [5.41, 5.74) is 0.533. The van der Waals surface area contributed by atoms with Crippen LogP contribution < -0.4 is 4.74 Å². The van der Waals surface area contributed by atoms with E-state index in [0.717, 1.165) is 11.1 Å². The lowest BCUT2D eigenvalue weighted by atomic mass is 9.99. The topological polar surface area (TPSA) is 35.5 Å². The Morgan fingerprint density at radius 2 is 1.89 bits per heavy atom. The molecule has 0 saturated carbocycles. The number of rotatable bonds is 6. The zero-order chi connectivity index (χ0) is 13.5. The quantitative estimate of drug-likeness (QED) is 0.595. The van der Waals surface area contributed by atoms with Crippen molar-refractivity contribution in [2.24, 2.45) is 11.8 Å². The molecule has 0 aliphatic heterocycles. The number of benzene rings is 1. The SMILES string of the molecule is COC(=O)c1ccc(OCC(CBr)C(C)C)cc1. The van der Waals surface area contributed by atoms with Gasteiger partial charge in [-0.2, -0.15) is 0 Å². The molecular weight excluding hydrogens is 296 g/mol. The van der Waals surface area contributed by atoms with Crippen molar-refractivity contribution >= 4 is 21.9 Å². The number of hydrogen-bond acceptors (Lipinski definition) is 3. The molecule has 1 rings (SSSR count). The molecule has 0 radical (unpaired) electrons. The molecule has 0 aliphatic rings. The average molecular weight is 315 g/mol. The molecule has 3 nitrogen and oxygen atoms in total. The summed E-state index contributed by atoms with van der Waals surface area (Å²) in [5.74, 6) is 1.49. The fourth-order valence-electron chi connectivity index (χ4n) is 1.42.